The monoisotopic (exact) mass is 350 g/mol. The van der Waals surface area contributed by atoms with Gasteiger partial charge in [-0.3, -0.25) is 4.79 Å². The standard InChI is InChI=1S/C19H18N4O3/c24-17-6-4-13-7-11(1-5-15(13)21-17)8-18-22-16(23-26-18)9-14-10-20-19(25-14)12-2-3-12/h1,5,7,10,12H,2-4,6,8-9H2,(H,21,24). The molecule has 7 nitrogen and oxygen atoms in total. The third-order valence-electron chi connectivity index (χ3n) is 4.76. The topological polar surface area (TPSA) is 94.0 Å². The quantitative estimate of drug-likeness (QED) is 0.760. The second-order valence-electron chi connectivity index (χ2n) is 6.94. The van der Waals surface area contributed by atoms with E-state index in [0.717, 1.165) is 47.7 Å². The van der Waals surface area contributed by atoms with E-state index in [9.17, 15) is 4.79 Å². The summed E-state index contributed by atoms with van der Waals surface area (Å²) in [6.45, 7) is 0. The van der Waals surface area contributed by atoms with Crippen molar-refractivity contribution in [1.29, 1.82) is 0 Å². The number of rotatable bonds is 5. The van der Waals surface area contributed by atoms with E-state index in [0.29, 0.717) is 36.9 Å². The molecule has 1 N–H and O–H groups in total. The Bertz CT molecular complexity index is 971. The van der Waals surface area contributed by atoms with Gasteiger partial charge in [0.15, 0.2) is 11.7 Å². The number of nitrogens with one attached hydrogen (secondary N) is 1. The van der Waals surface area contributed by atoms with E-state index in [2.05, 4.69) is 26.5 Å². The number of carbonyl (C=O) groups excluding carboxylic acids is 1. The van der Waals surface area contributed by atoms with Crippen molar-refractivity contribution in [3.8, 4) is 0 Å². The van der Waals surface area contributed by atoms with E-state index in [1.54, 1.807) is 6.20 Å². The van der Waals surface area contributed by atoms with Gasteiger partial charge < -0.3 is 14.3 Å². The number of nitrogens with zero attached hydrogens (tertiary/aromatic N) is 3. The van der Waals surface area contributed by atoms with Crippen LogP contribution < -0.4 is 5.32 Å². The van der Waals surface area contributed by atoms with Crippen LogP contribution in [-0.2, 0) is 24.1 Å². The molecule has 1 amide bonds. The number of hydrogen-bond donors (Lipinski definition) is 1. The van der Waals surface area contributed by atoms with Crippen molar-refractivity contribution in [2.24, 2.45) is 0 Å². The third kappa shape index (κ3) is 3.12. The summed E-state index contributed by atoms with van der Waals surface area (Å²) in [7, 11) is 0. The Morgan fingerprint density at radius 1 is 1.19 bits per heavy atom. The zero-order valence-electron chi connectivity index (χ0n) is 14.2. The van der Waals surface area contributed by atoms with Crippen molar-refractivity contribution in [3.05, 3.63) is 58.9 Å². The van der Waals surface area contributed by atoms with Gasteiger partial charge in [-0.2, -0.15) is 4.98 Å². The molecule has 1 fully saturated rings. The van der Waals surface area contributed by atoms with E-state index in [-0.39, 0.29) is 5.91 Å². The van der Waals surface area contributed by atoms with Crippen LogP contribution in [0, 0.1) is 0 Å². The van der Waals surface area contributed by atoms with Crippen LogP contribution in [0.15, 0.2) is 33.3 Å². The summed E-state index contributed by atoms with van der Waals surface area (Å²) in [6.07, 6.45) is 6.42. The third-order valence-corrected chi connectivity index (χ3v) is 4.76. The van der Waals surface area contributed by atoms with Gasteiger partial charge >= 0.3 is 0 Å². The fourth-order valence-corrected chi connectivity index (χ4v) is 3.23. The molecule has 0 atom stereocenters. The first-order valence-electron chi connectivity index (χ1n) is 8.90. The highest BCUT2D eigenvalue weighted by molar-refractivity contribution is 5.93. The van der Waals surface area contributed by atoms with Crippen LogP contribution in [0.25, 0.3) is 0 Å². The first-order valence-corrected chi connectivity index (χ1v) is 8.90. The Hall–Kier alpha value is -2.96. The van der Waals surface area contributed by atoms with Gasteiger partial charge in [-0.05, 0) is 36.5 Å². The summed E-state index contributed by atoms with van der Waals surface area (Å²) in [5.74, 6) is 3.33. The molecule has 7 heteroatoms. The number of hydrogen-bond acceptors (Lipinski definition) is 6. The number of aromatic nitrogens is 3. The molecule has 2 aromatic heterocycles. The van der Waals surface area contributed by atoms with Crippen LogP contribution in [0.5, 0.6) is 0 Å². The summed E-state index contributed by atoms with van der Waals surface area (Å²) in [4.78, 5) is 20.2. The van der Waals surface area contributed by atoms with Crippen molar-refractivity contribution in [1.82, 2.24) is 15.1 Å². The van der Waals surface area contributed by atoms with E-state index < -0.39 is 0 Å². The lowest BCUT2D eigenvalue weighted by molar-refractivity contribution is -0.116. The highest BCUT2D eigenvalue weighted by Crippen LogP contribution is 2.39. The molecule has 1 aliphatic carbocycles. The van der Waals surface area contributed by atoms with Crippen molar-refractivity contribution in [2.75, 3.05) is 5.32 Å². The summed E-state index contributed by atoms with van der Waals surface area (Å²) >= 11 is 0. The highest BCUT2D eigenvalue weighted by atomic mass is 16.5. The average Bonchev–Trinajstić information content (AvgIpc) is 3.24. The van der Waals surface area contributed by atoms with Crippen molar-refractivity contribution in [2.45, 2.75) is 44.4 Å². The second-order valence-corrected chi connectivity index (χ2v) is 6.94. The largest absolute Gasteiger partial charge is 0.445 e. The summed E-state index contributed by atoms with van der Waals surface area (Å²) in [6, 6.07) is 6.01. The maximum absolute atomic E-state index is 11.4. The number of amides is 1. The maximum Gasteiger partial charge on any atom is 0.231 e. The minimum Gasteiger partial charge on any atom is -0.445 e. The molecule has 0 bridgehead atoms. The maximum atomic E-state index is 11.4. The lowest BCUT2D eigenvalue weighted by Crippen LogP contribution is -2.18. The number of anilines is 1. The Morgan fingerprint density at radius 3 is 3.00 bits per heavy atom. The van der Waals surface area contributed by atoms with Gasteiger partial charge in [0.25, 0.3) is 0 Å². The molecule has 0 spiro atoms. The van der Waals surface area contributed by atoms with E-state index in [4.69, 9.17) is 8.94 Å². The molecule has 0 radical (unpaired) electrons. The van der Waals surface area contributed by atoms with Crippen LogP contribution >= 0.6 is 0 Å². The molecule has 1 aromatic carbocycles. The minimum absolute atomic E-state index is 0.0732. The number of oxazole rings is 1. The smallest absolute Gasteiger partial charge is 0.231 e. The molecule has 3 aromatic rings. The zero-order chi connectivity index (χ0) is 17.5. The molecule has 1 saturated carbocycles. The Kier molecular flexibility index (Phi) is 3.58. The molecule has 26 heavy (non-hydrogen) atoms. The van der Waals surface area contributed by atoms with Crippen LogP contribution in [-0.4, -0.2) is 21.0 Å². The van der Waals surface area contributed by atoms with E-state index in [1.807, 2.05) is 12.1 Å². The predicted molar refractivity (Wildman–Crippen MR) is 91.8 cm³/mol. The minimum atomic E-state index is 0.0732. The molecule has 0 saturated heterocycles. The first-order chi connectivity index (χ1) is 12.7. The number of aryl methyl sites for hydroxylation is 1. The fourth-order valence-electron chi connectivity index (χ4n) is 3.23. The van der Waals surface area contributed by atoms with Crippen LogP contribution in [0.3, 0.4) is 0 Å². The molecular formula is C19H18N4O3. The molecule has 2 aliphatic rings. The van der Waals surface area contributed by atoms with Crippen molar-refractivity contribution in [3.63, 3.8) is 0 Å². The summed E-state index contributed by atoms with van der Waals surface area (Å²) in [5, 5.41) is 6.93. The highest BCUT2D eigenvalue weighted by Gasteiger charge is 2.28. The Morgan fingerprint density at radius 2 is 2.12 bits per heavy atom. The van der Waals surface area contributed by atoms with E-state index >= 15 is 0 Å². The van der Waals surface area contributed by atoms with Gasteiger partial charge in [0.05, 0.1) is 19.0 Å². The van der Waals surface area contributed by atoms with Gasteiger partial charge in [0.1, 0.15) is 5.76 Å². The Labute approximate surface area is 149 Å². The first kappa shape index (κ1) is 15.3. The fraction of sp³-hybridized carbons (Fsp3) is 0.368. The normalized spacial score (nSPS) is 16.4. The Balaban J connectivity index is 1.27. The van der Waals surface area contributed by atoms with Crippen LogP contribution in [0.1, 0.15) is 59.7 Å². The van der Waals surface area contributed by atoms with Gasteiger partial charge in [0, 0.05) is 18.0 Å². The lowest BCUT2D eigenvalue weighted by atomic mass is 9.99. The molecule has 5 rings (SSSR count). The van der Waals surface area contributed by atoms with Gasteiger partial charge in [-0.25, -0.2) is 4.98 Å². The van der Waals surface area contributed by atoms with Gasteiger partial charge in [-0.15, -0.1) is 0 Å². The zero-order valence-corrected chi connectivity index (χ0v) is 14.2. The molecule has 132 valence electrons. The number of carbonyl (C=O) groups is 1. The van der Waals surface area contributed by atoms with E-state index in [1.165, 1.54) is 0 Å². The molecule has 1 aliphatic heterocycles. The molecular weight excluding hydrogens is 332 g/mol. The summed E-state index contributed by atoms with van der Waals surface area (Å²) < 4.78 is 11.1. The number of fused-ring (bicyclic) bond motifs is 1. The SMILES string of the molecule is O=C1CCc2cc(Cc3nc(Cc4cnc(C5CC5)o4)no3)ccc2N1. The lowest BCUT2D eigenvalue weighted by Gasteiger charge is -2.17. The second kappa shape index (κ2) is 6.09. The van der Waals surface area contributed by atoms with Crippen LogP contribution in [0.4, 0.5) is 5.69 Å². The predicted octanol–water partition coefficient (Wildman–Crippen LogP) is 3.00. The summed E-state index contributed by atoms with van der Waals surface area (Å²) in [5.41, 5.74) is 3.13. The van der Waals surface area contributed by atoms with Crippen molar-refractivity contribution >= 4 is 11.6 Å². The average molecular weight is 350 g/mol. The van der Waals surface area contributed by atoms with Gasteiger partial charge in [-0.1, -0.05) is 17.3 Å². The number of benzene rings is 1. The molecule has 3 heterocycles. The molecule has 0 unspecified atom stereocenters. The van der Waals surface area contributed by atoms with Gasteiger partial charge in [0.2, 0.25) is 11.8 Å². The van der Waals surface area contributed by atoms with Crippen molar-refractivity contribution < 1.29 is 13.7 Å². The van der Waals surface area contributed by atoms with Crippen LogP contribution in [0.2, 0.25) is 0 Å².